The third kappa shape index (κ3) is 3.28. The van der Waals surface area contributed by atoms with Crippen molar-refractivity contribution in [2.75, 3.05) is 0 Å². The van der Waals surface area contributed by atoms with Gasteiger partial charge in [-0.25, -0.2) is 0 Å². The molecule has 7 rings (SSSR count). The van der Waals surface area contributed by atoms with E-state index in [1.54, 1.807) is 6.08 Å². The topological polar surface area (TPSA) is 9.86 Å². The van der Waals surface area contributed by atoms with Crippen LogP contribution in [0.1, 0.15) is 5.56 Å². The molecule has 0 aliphatic heterocycles. The van der Waals surface area contributed by atoms with Crippen LogP contribution in [0.5, 0.6) is 0 Å². The van der Waals surface area contributed by atoms with Crippen molar-refractivity contribution in [1.29, 1.82) is 0 Å². The predicted octanol–water partition coefficient (Wildman–Crippen LogP) is 9.64. The lowest BCUT2D eigenvalue weighted by Crippen LogP contribution is -1.95. The highest BCUT2D eigenvalue weighted by molar-refractivity contribution is 6.28. The van der Waals surface area contributed by atoms with E-state index in [-0.39, 0.29) is 0 Å². The lowest BCUT2D eigenvalue weighted by atomic mass is 10.1. The largest absolute Gasteiger partial charge is 0.309 e. The first-order valence-electron chi connectivity index (χ1n) is 12.9. The van der Waals surface area contributed by atoms with Crippen LogP contribution in [0.3, 0.4) is 0 Å². The van der Waals surface area contributed by atoms with Gasteiger partial charge in [-0.05, 0) is 59.7 Å². The van der Waals surface area contributed by atoms with Gasteiger partial charge in [-0.1, -0.05) is 98.1 Å². The lowest BCUT2D eigenvalue weighted by molar-refractivity contribution is 1.17. The quantitative estimate of drug-likeness (QED) is 0.214. The van der Waals surface area contributed by atoms with Crippen LogP contribution in [-0.4, -0.2) is 9.13 Å². The smallest absolute Gasteiger partial charge is 0.0548 e. The maximum absolute atomic E-state index is 4.20. The summed E-state index contributed by atoms with van der Waals surface area (Å²) in [6, 6.07) is 41.3. The number of fused-ring (bicyclic) bond motifs is 7. The van der Waals surface area contributed by atoms with Crippen LogP contribution in [0, 0.1) is 0 Å². The summed E-state index contributed by atoms with van der Waals surface area (Å²) in [5.74, 6) is 0. The zero-order chi connectivity index (χ0) is 25.6. The first kappa shape index (κ1) is 22.1. The van der Waals surface area contributed by atoms with Crippen LogP contribution in [0.2, 0.25) is 0 Å². The molecule has 2 aromatic heterocycles. The molecule has 0 aliphatic rings. The van der Waals surface area contributed by atoms with Gasteiger partial charge in [0.1, 0.15) is 0 Å². The summed E-state index contributed by atoms with van der Waals surface area (Å²) in [6.45, 7) is 7.96. The molecule has 0 atom stereocenters. The minimum atomic E-state index is 0.967. The van der Waals surface area contributed by atoms with Gasteiger partial charge in [0.25, 0.3) is 0 Å². The summed E-state index contributed by atoms with van der Waals surface area (Å²) >= 11 is 0. The Hall–Kier alpha value is -5.08. The molecule has 0 fully saturated rings. The Morgan fingerprint density at radius 1 is 0.526 bits per heavy atom. The minimum absolute atomic E-state index is 0.967. The van der Waals surface area contributed by atoms with Crippen molar-refractivity contribution in [3.05, 3.63) is 152 Å². The van der Waals surface area contributed by atoms with Gasteiger partial charge >= 0.3 is 0 Å². The highest BCUT2D eigenvalue weighted by Crippen LogP contribution is 2.42. The van der Waals surface area contributed by atoms with Crippen LogP contribution in [0.15, 0.2) is 147 Å². The van der Waals surface area contributed by atoms with E-state index >= 15 is 0 Å². The van der Waals surface area contributed by atoms with E-state index in [9.17, 15) is 0 Å². The lowest BCUT2D eigenvalue weighted by Gasteiger charge is -2.10. The second kappa shape index (κ2) is 8.79. The van der Waals surface area contributed by atoms with Crippen molar-refractivity contribution in [2.24, 2.45) is 0 Å². The maximum Gasteiger partial charge on any atom is 0.0548 e. The summed E-state index contributed by atoms with van der Waals surface area (Å²) < 4.78 is 4.76. The molecule has 0 unspecified atom stereocenters. The molecule has 7 aromatic rings. The zero-order valence-electron chi connectivity index (χ0n) is 21.0. The number of allylic oxidation sites excluding steroid dienone is 4. The highest BCUT2D eigenvalue weighted by atomic mass is 15.0. The summed E-state index contributed by atoms with van der Waals surface area (Å²) in [6.07, 6.45) is 5.68. The molecule has 0 amide bonds. The van der Waals surface area contributed by atoms with Crippen molar-refractivity contribution in [1.82, 2.24) is 9.13 Å². The molecule has 0 bridgehead atoms. The Balaban J connectivity index is 1.55. The molecule has 5 aromatic carbocycles. The van der Waals surface area contributed by atoms with Crippen LogP contribution in [-0.2, 0) is 0 Å². The molecular formula is C36H26N2. The second-order valence-corrected chi connectivity index (χ2v) is 9.56. The van der Waals surface area contributed by atoms with E-state index in [4.69, 9.17) is 0 Å². The number of nitrogens with zero attached hydrogens (tertiary/aromatic N) is 2. The molecule has 2 heterocycles. The molecule has 0 saturated heterocycles. The van der Waals surface area contributed by atoms with Gasteiger partial charge in [0.05, 0.1) is 22.1 Å². The average Bonchev–Trinajstić information content (AvgIpc) is 3.49. The number of hydrogen-bond acceptors (Lipinski definition) is 0. The zero-order valence-corrected chi connectivity index (χ0v) is 21.0. The van der Waals surface area contributed by atoms with Crippen LogP contribution in [0.25, 0.3) is 60.6 Å². The van der Waals surface area contributed by atoms with Gasteiger partial charge in [-0.3, -0.25) is 0 Å². The molecule has 38 heavy (non-hydrogen) atoms. The van der Waals surface area contributed by atoms with Gasteiger partial charge in [0, 0.05) is 32.9 Å². The van der Waals surface area contributed by atoms with E-state index in [0.29, 0.717) is 0 Å². The number of hydrogen-bond donors (Lipinski definition) is 0. The first-order chi connectivity index (χ1) is 18.8. The number of benzene rings is 5. The van der Waals surface area contributed by atoms with Gasteiger partial charge in [0.2, 0.25) is 0 Å². The van der Waals surface area contributed by atoms with Gasteiger partial charge < -0.3 is 9.13 Å². The Bertz CT molecular complexity index is 2030. The predicted molar refractivity (Wildman–Crippen MR) is 163 cm³/mol. The van der Waals surface area contributed by atoms with E-state index < -0.39 is 0 Å². The summed E-state index contributed by atoms with van der Waals surface area (Å²) in [5.41, 5.74) is 9.20. The molecule has 0 aliphatic carbocycles. The molecule has 2 heteroatoms. The van der Waals surface area contributed by atoms with Crippen molar-refractivity contribution >= 4 is 49.2 Å². The van der Waals surface area contributed by atoms with E-state index in [0.717, 1.165) is 16.8 Å². The number of rotatable bonds is 5. The third-order valence-corrected chi connectivity index (χ3v) is 7.42. The maximum atomic E-state index is 4.20. The number of aromatic nitrogens is 2. The van der Waals surface area contributed by atoms with Crippen molar-refractivity contribution in [3.8, 4) is 11.4 Å². The van der Waals surface area contributed by atoms with E-state index in [1.807, 2.05) is 12.2 Å². The van der Waals surface area contributed by atoms with Crippen molar-refractivity contribution < 1.29 is 0 Å². The molecule has 180 valence electrons. The standard InChI is InChI=1S/C36H26N2/c1-3-4-12-25(2)26-19-21-28(22-20-26)38-32-18-11-9-16-30(32)36-34(38)24-23-33-35(36)29-15-8-10-17-31(29)37(33)27-13-6-5-7-14-27/h3-24H,1-2H2/b12-4-. The van der Waals surface area contributed by atoms with Crippen LogP contribution in [0.4, 0.5) is 0 Å². The molecule has 0 saturated carbocycles. The number of para-hydroxylation sites is 3. The monoisotopic (exact) mass is 486 g/mol. The van der Waals surface area contributed by atoms with Crippen LogP contribution >= 0.6 is 0 Å². The van der Waals surface area contributed by atoms with E-state index in [1.165, 1.54) is 49.3 Å². The summed E-state index contributed by atoms with van der Waals surface area (Å²) in [4.78, 5) is 0. The molecular weight excluding hydrogens is 460 g/mol. The fourth-order valence-electron chi connectivity index (χ4n) is 5.76. The molecule has 2 nitrogen and oxygen atoms in total. The normalized spacial score (nSPS) is 11.8. The highest BCUT2D eigenvalue weighted by Gasteiger charge is 2.20. The van der Waals surface area contributed by atoms with Gasteiger partial charge in [0.15, 0.2) is 0 Å². The fourth-order valence-corrected chi connectivity index (χ4v) is 5.76. The Labute approximate surface area is 221 Å². The molecule has 0 spiro atoms. The first-order valence-corrected chi connectivity index (χ1v) is 12.9. The minimum Gasteiger partial charge on any atom is -0.309 e. The van der Waals surface area contributed by atoms with Crippen molar-refractivity contribution in [3.63, 3.8) is 0 Å². The average molecular weight is 487 g/mol. The second-order valence-electron chi connectivity index (χ2n) is 9.56. The van der Waals surface area contributed by atoms with Crippen molar-refractivity contribution in [2.45, 2.75) is 0 Å². The summed E-state index contributed by atoms with van der Waals surface area (Å²) in [7, 11) is 0. The SMILES string of the molecule is C=C/C=C\C(=C)c1ccc(-n2c3ccccc3c3c4c5ccccc5n(-c5ccccc5)c4ccc32)cc1. The summed E-state index contributed by atoms with van der Waals surface area (Å²) in [5, 5.41) is 5.09. The Morgan fingerprint density at radius 3 is 1.58 bits per heavy atom. The van der Waals surface area contributed by atoms with Gasteiger partial charge in [-0.2, -0.15) is 0 Å². The molecule has 0 radical (unpaired) electrons. The Morgan fingerprint density at radius 2 is 1.03 bits per heavy atom. The van der Waals surface area contributed by atoms with Gasteiger partial charge in [-0.15, -0.1) is 0 Å². The molecule has 0 N–H and O–H groups in total. The fraction of sp³-hybridized carbons (Fsp3) is 0. The van der Waals surface area contributed by atoms with E-state index in [2.05, 4.69) is 138 Å². The third-order valence-electron chi connectivity index (χ3n) is 7.42. The Kier molecular flexibility index (Phi) is 5.12. The van der Waals surface area contributed by atoms with Crippen LogP contribution < -0.4 is 0 Å².